The molecule has 0 aliphatic carbocycles. The Balaban J connectivity index is 2.31. The second-order valence-electron chi connectivity index (χ2n) is 5.53. The Labute approximate surface area is 106 Å². The second kappa shape index (κ2) is 8.32. The van der Waals surface area contributed by atoms with Gasteiger partial charge < -0.3 is 0 Å². The van der Waals surface area contributed by atoms with Crippen LogP contribution in [0, 0.1) is 5.92 Å². The van der Waals surface area contributed by atoms with Crippen LogP contribution in [-0.4, -0.2) is 4.98 Å². The number of aromatic amines is 1. The summed E-state index contributed by atoms with van der Waals surface area (Å²) in [5.74, 6) is 0.851. The van der Waals surface area contributed by atoms with Gasteiger partial charge in [0.1, 0.15) is 18.4 Å². The highest BCUT2D eigenvalue weighted by Gasteiger charge is 2.14. The molecule has 1 aromatic heterocycles. The maximum absolute atomic E-state index is 3.16. The van der Waals surface area contributed by atoms with Gasteiger partial charge in [0, 0.05) is 0 Å². The summed E-state index contributed by atoms with van der Waals surface area (Å²) in [6.45, 7) is 6.91. The van der Waals surface area contributed by atoms with Gasteiger partial charge in [-0.3, -0.25) is 4.98 Å². The molecule has 1 aromatic rings. The molecule has 0 aliphatic heterocycles. The zero-order valence-electron chi connectivity index (χ0n) is 11.8. The van der Waals surface area contributed by atoms with Gasteiger partial charge in [-0.25, -0.2) is 4.57 Å². The van der Waals surface area contributed by atoms with Crippen LogP contribution < -0.4 is 4.57 Å². The number of hydrogen-bond donors (Lipinski definition) is 1. The third kappa shape index (κ3) is 5.90. The highest BCUT2D eigenvalue weighted by Crippen LogP contribution is 2.18. The highest BCUT2D eigenvalue weighted by molar-refractivity contribution is 4.61. The van der Waals surface area contributed by atoms with Crippen LogP contribution in [0.5, 0.6) is 0 Å². The summed E-state index contributed by atoms with van der Waals surface area (Å²) >= 11 is 0. The topological polar surface area (TPSA) is 19.7 Å². The first-order chi connectivity index (χ1) is 8.24. The van der Waals surface area contributed by atoms with Crippen LogP contribution in [0.1, 0.15) is 71.8 Å². The summed E-state index contributed by atoms with van der Waals surface area (Å²) in [4.78, 5) is 3.16. The van der Waals surface area contributed by atoms with Gasteiger partial charge in [0.15, 0.2) is 0 Å². The standard InChI is InChI=1S/C15H28N2/c1-4-5-9-15(17-12-11-16-13-17)10-7-6-8-14(2)3/h11-15H,4-10H2,1-3H3/p+1. The van der Waals surface area contributed by atoms with Crippen molar-refractivity contribution in [2.24, 2.45) is 5.92 Å². The number of hydrogen-bond acceptors (Lipinski definition) is 0. The van der Waals surface area contributed by atoms with Gasteiger partial charge >= 0.3 is 0 Å². The minimum absolute atomic E-state index is 0.702. The first-order valence-electron chi connectivity index (χ1n) is 7.27. The van der Waals surface area contributed by atoms with Crippen molar-refractivity contribution in [3.63, 3.8) is 0 Å². The summed E-state index contributed by atoms with van der Waals surface area (Å²) in [6, 6.07) is 0.702. The fourth-order valence-corrected chi connectivity index (χ4v) is 2.34. The second-order valence-corrected chi connectivity index (χ2v) is 5.53. The molecule has 0 amide bonds. The van der Waals surface area contributed by atoms with E-state index in [-0.39, 0.29) is 0 Å². The first kappa shape index (κ1) is 14.3. The van der Waals surface area contributed by atoms with Crippen molar-refractivity contribution in [1.82, 2.24) is 4.98 Å². The molecule has 0 saturated heterocycles. The average Bonchev–Trinajstić information content (AvgIpc) is 2.81. The van der Waals surface area contributed by atoms with Gasteiger partial charge in [0.2, 0.25) is 6.33 Å². The van der Waals surface area contributed by atoms with Crippen molar-refractivity contribution in [2.45, 2.75) is 71.8 Å². The number of H-pyrrole nitrogens is 1. The van der Waals surface area contributed by atoms with Crippen molar-refractivity contribution in [3.05, 3.63) is 18.7 Å². The summed E-state index contributed by atoms with van der Waals surface area (Å²) < 4.78 is 2.35. The maximum atomic E-state index is 3.16. The lowest BCUT2D eigenvalue weighted by Gasteiger charge is -2.13. The number of aromatic nitrogens is 2. The molecule has 17 heavy (non-hydrogen) atoms. The largest absolute Gasteiger partial charge is 0.250 e. The highest BCUT2D eigenvalue weighted by atomic mass is 15.0. The van der Waals surface area contributed by atoms with E-state index in [0.29, 0.717) is 6.04 Å². The fraction of sp³-hybridized carbons (Fsp3) is 0.800. The molecular weight excluding hydrogens is 208 g/mol. The van der Waals surface area contributed by atoms with Gasteiger partial charge in [-0.15, -0.1) is 0 Å². The Kier molecular flexibility index (Phi) is 6.99. The average molecular weight is 237 g/mol. The number of nitrogens with one attached hydrogen (secondary N) is 1. The Hall–Kier alpha value is -0.790. The van der Waals surface area contributed by atoms with E-state index in [9.17, 15) is 0 Å². The minimum Gasteiger partial charge on any atom is -0.250 e. The van der Waals surface area contributed by atoms with Crippen LogP contribution in [-0.2, 0) is 0 Å². The summed E-state index contributed by atoms with van der Waals surface area (Å²) in [7, 11) is 0. The van der Waals surface area contributed by atoms with Crippen LogP contribution in [0.3, 0.4) is 0 Å². The van der Waals surface area contributed by atoms with Gasteiger partial charge in [-0.2, -0.15) is 0 Å². The van der Waals surface area contributed by atoms with Crippen molar-refractivity contribution >= 4 is 0 Å². The van der Waals surface area contributed by atoms with Gasteiger partial charge in [-0.05, 0) is 31.6 Å². The Morgan fingerprint density at radius 3 is 2.35 bits per heavy atom. The molecule has 1 heterocycles. The van der Waals surface area contributed by atoms with E-state index in [1.165, 1.54) is 44.9 Å². The van der Waals surface area contributed by atoms with Crippen molar-refractivity contribution < 1.29 is 4.57 Å². The van der Waals surface area contributed by atoms with E-state index in [2.05, 4.69) is 42.8 Å². The van der Waals surface area contributed by atoms with Crippen molar-refractivity contribution in [1.29, 1.82) is 0 Å². The number of rotatable bonds is 9. The maximum Gasteiger partial charge on any atom is 0.241 e. The molecule has 1 rings (SSSR count). The Morgan fingerprint density at radius 1 is 1.06 bits per heavy atom. The monoisotopic (exact) mass is 237 g/mol. The molecule has 98 valence electrons. The molecule has 0 radical (unpaired) electrons. The van der Waals surface area contributed by atoms with E-state index in [1.54, 1.807) is 0 Å². The van der Waals surface area contributed by atoms with Crippen LogP contribution in [0.2, 0.25) is 0 Å². The third-order valence-electron chi connectivity index (χ3n) is 3.45. The lowest BCUT2D eigenvalue weighted by Crippen LogP contribution is -2.37. The van der Waals surface area contributed by atoms with Gasteiger partial charge in [0.05, 0.1) is 0 Å². The Morgan fingerprint density at radius 2 is 1.76 bits per heavy atom. The van der Waals surface area contributed by atoms with Crippen LogP contribution >= 0.6 is 0 Å². The van der Waals surface area contributed by atoms with Crippen LogP contribution in [0.15, 0.2) is 18.7 Å². The van der Waals surface area contributed by atoms with E-state index in [0.717, 1.165) is 5.92 Å². The van der Waals surface area contributed by atoms with Gasteiger partial charge in [0.25, 0.3) is 0 Å². The van der Waals surface area contributed by atoms with Crippen molar-refractivity contribution in [3.8, 4) is 0 Å². The molecular formula is C15H29N2+. The van der Waals surface area contributed by atoms with Crippen molar-refractivity contribution in [2.75, 3.05) is 0 Å². The van der Waals surface area contributed by atoms with Crippen LogP contribution in [0.4, 0.5) is 0 Å². The molecule has 1 N–H and O–H groups in total. The normalized spacial score (nSPS) is 13.2. The third-order valence-corrected chi connectivity index (χ3v) is 3.45. The predicted molar refractivity (Wildman–Crippen MR) is 72.9 cm³/mol. The molecule has 0 fully saturated rings. The van der Waals surface area contributed by atoms with Crippen LogP contribution in [0.25, 0.3) is 0 Å². The molecule has 0 saturated carbocycles. The predicted octanol–water partition coefficient (Wildman–Crippen LogP) is 4.25. The van der Waals surface area contributed by atoms with E-state index >= 15 is 0 Å². The zero-order chi connectivity index (χ0) is 12.5. The number of nitrogens with zero attached hydrogens (tertiary/aromatic N) is 1. The molecule has 0 spiro atoms. The molecule has 1 atom stereocenters. The van der Waals surface area contributed by atoms with Gasteiger partial charge in [-0.1, -0.05) is 40.0 Å². The lowest BCUT2D eigenvalue weighted by molar-refractivity contribution is -0.723. The fourth-order valence-electron chi connectivity index (χ4n) is 2.34. The number of unbranched alkanes of at least 4 members (excludes halogenated alkanes) is 2. The quantitative estimate of drug-likeness (QED) is 0.489. The summed E-state index contributed by atoms with van der Waals surface area (Å²) in [5.41, 5.74) is 0. The minimum atomic E-state index is 0.702. The first-order valence-corrected chi connectivity index (χ1v) is 7.27. The molecule has 2 heteroatoms. The molecule has 2 nitrogen and oxygen atoms in total. The lowest BCUT2D eigenvalue weighted by atomic mass is 10.00. The SMILES string of the molecule is CCCCC(CCCCC(C)C)[n+]1cc[nH]c1. The van der Waals surface area contributed by atoms with E-state index in [4.69, 9.17) is 0 Å². The van der Waals surface area contributed by atoms with E-state index < -0.39 is 0 Å². The molecule has 0 aliphatic rings. The molecule has 0 aromatic carbocycles. The number of imidazole rings is 1. The zero-order valence-corrected chi connectivity index (χ0v) is 11.8. The summed E-state index contributed by atoms with van der Waals surface area (Å²) in [5, 5.41) is 0. The van der Waals surface area contributed by atoms with E-state index in [1.807, 2.05) is 6.20 Å². The Bertz CT molecular complexity index is 264. The molecule has 0 bridgehead atoms. The molecule has 1 unspecified atom stereocenters. The summed E-state index contributed by atoms with van der Waals surface area (Å²) in [6.07, 6.45) is 15.7. The smallest absolute Gasteiger partial charge is 0.241 e.